The van der Waals surface area contributed by atoms with Gasteiger partial charge < -0.3 is 25.4 Å². The number of aliphatic hydroxyl groups excluding tert-OH is 1. The van der Waals surface area contributed by atoms with Crippen molar-refractivity contribution in [2.75, 3.05) is 43.1 Å². The molecule has 1 aromatic heterocycles. The molecule has 0 radical (unpaired) electrons. The first-order chi connectivity index (χ1) is 17.8. The molecular formula is C26H35N5O5S. The average molecular weight is 530 g/mol. The Labute approximate surface area is 217 Å². The minimum atomic E-state index is -3.37. The van der Waals surface area contributed by atoms with E-state index in [2.05, 4.69) is 22.5 Å². The number of anilines is 2. The summed E-state index contributed by atoms with van der Waals surface area (Å²) >= 11 is 0. The number of nitrogens with zero attached hydrogens (tertiary/aromatic N) is 3. The Morgan fingerprint density at radius 1 is 1.19 bits per heavy atom. The molecular weight excluding hydrogens is 494 g/mol. The third kappa shape index (κ3) is 5.17. The molecule has 1 aromatic carbocycles. The van der Waals surface area contributed by atoms with E-state index in [1.165, 1.54) is 0 Å². The average Bonchev–Trinajstić information content (AvgIpc) is 3.65. The fraction of sp³-hybridized carbons (Fsp3) is 0.577. The Kier molecular flexibility index (Phi) is 7.37. The van der Waals surface area contributed by atoms with Crippen LogP contribution >= 0.6 is 0 Å². The molecule has 0 unspecified atom stereocenters. The zero-order chi connectivity index (χ0) is 26.0. The summed E-state index contributed by atoms with van der Waals surface area (Å²) in [7, 11) is -3.37. The quantitative estimate of drug-likeness (QED) is 0.475. The van der Waals surface area contributed by atoms with Crippen molar-refractivity contribution in [2.24, 2.45) is 0 Å². The number of benzene rings is 1. The summed E-state index contributed by atoms with van der Waals surface area (Å²) in [6.07, 6.45) is 4.38. The molecule has 10 nitrogen and oxygen atoms in total. The molecule has 1 saturated heterocycles. The smallest absolute Gasteiger partial charge is 0.319 e. The Balaban J connectivity index is 1.54. The van der Waals surface area contributed by atoms with Crippen LogP contribution in [0.4, 0.5) is 16.3 Å². The molecule has 200 valence electrons. The SMILES string of the molecule is C[C@H]1COCCN1c1cc(C2(S(=O)(=O)C3CC3)CCCC2)nc(-c2ccc(NC(=O)NCCO)cc2)n1. The van der Waals surface area contributed by atoms with Gasteiger partial charge in [0.2, 0.25) is 0 Å². The molecule has 37 heavy (non-hydrogen) atoms. The van der Waals surface area contributed by atoms with Crippen LogP contribution in [0.25, 0.3) is 11.4 Å². The number of ether oxygens (including phenoxy) is 1. The topological polar surface area (TPSA) is 134 Å². The molecule has 3 aliphatic rings. The summed E-state index contributed by atoms with van der Waals surface area (Å²) in [5, 5.41) is 13.9. The van der Waals surface area contributed by atoms with Gasteiger partial charge in [0, 0.05) is 30.4 Å². The number of aliphatic hydroxyl groups is 1. The second kappa shape index (κ2) is 10.5. The van der Waals surface area contributed by atoms with E-state index in [4.69, 9.17) is 19.8 Å². The molecule has 0 bridgehead atoms. The Bertz CT molecular complexity index is 1230. The predicted molar refractivity (Wildman–Crippen MR) is 141 cm³/mol. The maximum atomic E-state index is 13.8. The van der Waals surface area contributed by atoms with Gasteiger partial charge in [0.15, 0.2) is 15.7 Å². The monoisotopic (exact) mass is 529 g/mol. The number of carbonyl (C=O) groups excluding carboxylic acids is 1. The molecule has 11 heteroatoms. The molecule has 3 fully saturated rings. The van der Waals surface area contributed by atoms with Crippen molar-refractivity contribution in [3.63, 3.8) is 0 Å². The van der Waals surface area contributed by atoms with Gasteiger partial charge in [0.1, 0.15) is 10.6 Å². The van der Waals surface area contributed by atoms with Crippen molar-refractivity contribution in [1.82, 2.24) is 15.3 Å². The third-order valence-corrected chi connectivity index (χ3v) is 10.6. The lowest BCUT2D eigenvalue weighted by atomic mass is 10.0. The number of urea groups is 1. The van der Waals surface area contributed by atoms with E-state index < -0.39 is 20.6 Å². The van der Waals surface area contributed by atoms with Gasteiger partial charge in [-0.1, -0.05) is 12.8 Å². The minimum absolute atomic E-state index is 0.105. The van der Waals surface area contributed by atoms with Gasteiger partial charge in [0.05, 0.1) is 36.8 Å². The summed E-state index contributed by atoms with van der Waals surface area (Å²) < 4.78 is 32.2. The highest BCUT2D eigenvalue weighted by atomic mass is 32.2. The van der Waals surface area contributed by atoms with E-state index in [1.807, 2.05) is 18.2 Å². The molecule has 2 aliphatic carbocycles. The first-order valence-corrected chi connectivity index (χ1v) is 14.6. The van der Waals surface area contributed by atoms with E-state index in [-0.39, 0.29) is 24.4 Å². The van der Waals surface area contributed by atoms with Crippen molar-refractivity contribution < 1.29 is 23.1 Å². The molecule has 2 saturated carbocycles. The summed E-state index contributed by atoms with van der Waals surface area (Å²) in [6.45, 7) is 3.95. The van der Waals surface area contributed by atoms with Crippen molar-refractivity contribution in [3.8, 4) is 11.4 Å². The third-order valence-electron chi connectivity index (χ3n) is 7.56. The van der Waals surface area contributed by atoms with Crippen LogP contribution in [-0.4, -0.2) is 73.7 Å². The van der Waals surface area contributed by atoms with Gasteiger partial charge >= 0.3 is 6.03 Å². The molecule has 5 rings (SSSR count). The van der Waals surface area contributed by atoms with E-state index in [0.717, 1.165) is 37.1 Å². The lowest BCUT2D eigenvalue weighted by Gasteiger charge is -2.36. The van der Waals surface area contributed by atoms with Gasteiger partial charge in [-0.25, -0.2) is 23.2 Å². The maximum absolute atomic E-state index is 13.8. The summed E-state index contributed by atoms with van der Waals surface area (Å²) in [6, 6.07) is 8.76. The number of morpholine rings is 1. The van der Waals surface area contributed by atoms with Gasteiger partial charge in [-0.3, -0.25) is 0 Å². The zero-order valence-corrected chi connectivity index (χ0v) is 22.0. The normalized spacial score (nSPS) is 21.6. The zero-order valence-electron chi connectivity index (χ0n) is 21.1. The van der Waals surface area contributed by atoms with Gasteiger partial charge in [-0.2, -0.15) is 0 Å². The number of amides is 2. The lowest BCUT2D eigenvalue weighted by Crippen LogP contribution is -2.44. The fourth-order valence-corrected chi connectivity index (χ4v) is 8.04. The van der Waals surface area contributed by atoms with Crippen molar-refractivity contribution in [1.29, 1.82) is 0 Å². The first kappa shape index (κ1) is 25.9. The summed E-state index contributed by atoms with van der Waals surface area (Å²) in [4.78, 5) is 23.9. The van der Waals surface area contributed by atoms with Crippen molar-refractivity contribution in [3.05, 3.63) is 36.0 Å². The molecule has 2 amide bonds. The molecule has 2 heterocycles. The van der Waals surface area contributed by atoms with Crippen LogP contribution in [-0.2, 0) is 19.3 Å². The number of aromatic nitrogens is 2. The highest BCUT2D eigenvalue weighted by Crippen LogP contribution is 2.51. The number of rotatable bonds is 8. The van der Waals surface area contributed by atoms with Gasteiger partial charge in [-0.15, -0.1) is 0 Å². The van der Waals surface area contributed by atoms with Gasteiger partial charge in [-0.05, 0) is 56.9 Å². The van der Waals surface area contributed by atoms with Crippen LogP contribution in [0.15, 0.2) is 30.3 Å². The Morgan fingerprint density at radius 2 is 1.92 bits per heavy atom. The number of sulfone groups is 1. The summed E-state index contributed by atoms with van der Waals surface area (Å²) in [5.41, 5.74) is 1.92. The standard InChI is InChI=1S/C26H35N5O5S/c1-18-17-36-15-13-31(18)23-16-22(26(10-2-3-11-26)37(34,35)21-8-9-21)29-24(30-23)19-4-6-20(7-5-19)28-25(33)27-12-14-32/h4-7,16,18,21,32H,2-3,8-15,17H2,1H3,(H2,27,28,33)/t18-/m0/s1. The minimum Gasteiger partial charge on any atom is -0.395 e. The molecule has 2 aromatic rings. The molecule has 3 N–H and O–H groups in total. The summed E-state index contributed by atoms with van der Waals surface area (Å²) in [5.74, 6) is 1.19. The second-order valence-electron chi connectivity index (χ2n) is 10.2. The van der Waals surface area contributed by atoms with Crippen LogP contribution in [0, 0.1) is 0 Å². The van der Waals surface area contributed by atoms with E-state index in [0.29, 0.717) is 49.8 Å². The van der Waals surface area contributed by atoms with Crippen LogP contribution in [0.2, 0.25) is 0 Å². The van der Waals surface area contributed by atoms with E-state index in [9.17, 15) is 13.2 Å². The Hall–Kier alpha value is -2.76. The largest absolute Gasteiger partial charge is 0.395 e. The van der Waals surface area contributed by atoms with E-state index >= 15 is 0 Å². The molecule has 1 atom stereocenters. The number of hydrogen-bond acceptors (Lipinski definition) is 8. The number of nitrogens with one attached hydrogen (secondary N) is 2. The maximum Gasteiger partial charge on any atom is 0.319 e. The molecule has 1 aliphatic heterocycles. The van der Waals surface area contributed by atoms with Crippen LogP contribution < -0.4 is 15.5 Å². The number of hydrogen-bond donors (Lipinski definition) is 3. The van der Waals surface area contributed by atoms with Crippen LogP contribution in [0.3, 0.4) is 0 Å². The predicted octanol–water partition coefficient (Wildman–Crippen LogP) is 2.83. The van der Waals surface area contributed by atoms with E-state index in [1.54, 1.807) is 12.1 Å². The Morgan fingerprint density at radius 3 is 2.57 bits per heavy atom. The first-order valence-electron chi connectivity index (χ1n) is 13.1. The second-order valence-corrected chi connectivity index (χ2v) is 12.7. The number of carbonyl (C=O) groups is 1. The highest BCUT2D eigenvalue weighted by molar-refractivity contribution is 7.93. The van der Waals surface area contributed by atoms with Crippen molar-refractivity contribution in [2.45, 2.75) is 61.5 Å². The fourth-order valence-electron chi connectivity index (χ4n) is 5.39. The highest BCUT2D eigenvalue weighted by Gasteiger charge is 2.55. The van der Waals surface area contributed by atoms with Crippen LogP contribution in [0.1, 0.15) is 51.1 Å². The lowest BCUT2D eigenvalue weighted by molar-refractivity contribution is 0.0985. The molecule has 0 spiro atoms. The van der Waals surface area contributed by atoms with Crippen LogP contribution in [0.5, 0.6) is 0 Å². The van der Waals surface area contributed by atoms with Gasteiger partial charge in [0.25, 0.3) is 0 Å². The van der Waals surface area contributed by atoms with Crippen molar-refractivity contribution >= 4 is 27.4 Å².